The van der Waals surface area contributed by atoms with Gasteiger partial charge in [-0.3, -0.25) is 0 Å². The molecule has 0 aromatic heterocycles. The van der Waals surface area contributed by atoms with Crippen LogP contribution >= 0.6 is 0 Å². The number of aromatic hydroxyl groups is 1. The molecule has 0 saturated heterocycles. The molecule has 0 heterocycles. The Morgan fingerprint density at radius 1 is 0.714 bits per heavy atom. The monoisotopic (exact) mass is 282 g/mol. The lowest BCUT2D eigenvalue weighted by Gasteiger charge is -2.22. The molecule has 2 aromatic carbocycles. The fourth-order valence-corrected chi connectivity index (χ4v) is 3.16. The number of hydrogen-bond donors (Lipinski definition) is 1. The zero-order valence-corrected chi connectivity index (χ0v) is 14.0. The minimum atomic E-state index is 0.392. The molecule has 2 aromatic rings. The second kappa shape index (κ2) is 5.93. The van der Waals surface area contributed by atoms with Crippen LogP contribution in [-0.4, -0.2) is 5.11 Å². The van der Waals surface area contributed by atoms with Gasteiger partial charge in [0.25, 0.3) is 0 Å². The van der Waals surface area contributed by atoms with Crippen LogP contribution in [0.4, 0.5) is 0 Å². The average Bonchev–Trinajstić information content (AvgIpc) is 2.42. The van der Waals surface area contributed by atoms with Crippen LogP contribution in [0.25, 0.3) is 0 Å². The van der Waals surface area contributed by atoms with Crippen LogP contribution in [0.2, 0.25) is 0 Å². The Hall–Kier alpha value is -1.76. The van der Waals surface area contributed by atoms with E-state index in [2.05, 4.69) is 52.8 Å². The van der Waals surface area contributed by atoms with Gasteiger partial charge in [-0.25, -0.2) is 0 Å². The first-order chi connectivity index (χ1) is 9.85. The van der Waals surface area contributed by atoms with Crippen LogP contribution in [0.3, 0.4) is 0 Å². The fourth-order valence-electron chi connectivity index (χ4n) is 3.16. The van der Waals surface area contributed by atoms with Gasteiger partial charge in [-0.05, 0) is 86.1 Å². The molecule has 0 aliphatic rings. The van der Waals surface area contributed by atoms with E-state index in [9.17, 15) is 5.11 Å². The van der Waals surface area contributed by atoms with Crippen molar-refractivity contribution in [3.05, 3.63) is 63.2 Å². The third-order valence-corrected chi connectivity index (χ3v) is 4.63. The van der Waals surface area contributed by atoms with E-state index < -0.39 is 0 Å². The zero-order valence-electron chi connectivity index (χ0n) is 14.0. The van der Waals surface area contributed by atoms with Crippen LogP contribution in [0, 0.1) is 34.6 Å². The summed E-state index contributed by atoms with van der Waals surface area (Å²) in [6.07, 6.45) is 1.06. The maximum Gasteiger partial charge on any atom is 0.118 e. The molecule has 0 spiro atoms. The van der Waals surface area contributed by atoms with Crippen LogP contribution in [0.1, 0.15) is 58.2 Å². The number of phenolic OH excluding ortho intramolecular Hbond substituents is 1. The molecule has 0 fully saturated rings. The van der Waals surface area contributed by atoms with Crippen molar-refractivity contribution in [3.8, 4) is 5.75 Å². The standard InChI is InChI=1S/C20H26O/c1-7-17(18-9-13(3)12(2)8-14(18)4)19-10-16(6)20(21)11-15(19)5/h8-11,17,21H,7H2,1-6H3. The number of aryl methyl sites for hydroxylation is 5. The van der Waals surface area contributed by atoms with E-state index in [1.165, 1.54) is 33.4 Å². The highest BCUT2D eigenvalue weighted by Gasteiger charge is 2.18. The van der Waals surface area contributed by atoms with Crippen molar-refractivity contribution in [2.75, 3.05) is 0 Å². The van der Waals surface area contributed by atoms with Crippen molar-refractivity contribution in [2.45, 2.75) is 53.9 Å². The van der Waals surface area contributed by atoms with Gasteiger partial charge in [0.05, 0.1) is 0 Å². The number of phenols is 1. The molecule has 0 aliphatic heterocycles. The Kier molecular flexibility index (Phi) is 4.41. The highest BCUT2D eigenvalue weighted by molar-refractivity contribution is 5.48. The lowest BCUT2D eigenvalue weighted by Crippen LogP contribution is -2.06. The van der Waals surface area contributed by atoms with Crippen molar-refractivity contribution in [1.82, 2.24) is 0 Å². The Bertz CT molecular complexity index is 611. The molecule has 0 saturated carbocycles. The number of benzene rings is 2. The molecular formula is C20H26O. The summed E-state index contributed by atoms with van der Waals surface area (Å²) < 4.78 is 0. The van der Waals surface area contributed by atoms with E-state index in [-0.39, 0.29) is 0 Å². The Labute approximate surface area is 128 Å². The maximum atomic E-state index is 9.88. The lowest BCUT2D eigenvalue weighted by atomic mass is 9.82. The van der Waals surface area contributed by atoms with Crippen molar-refractivity contribution in [1.29, 1.82) is 0 Å². The summed E-state index contributed by atoms with van der Waals surface area (Å²) in [7, 11) is 0. The summed E-state index contributed by atoms with van der Waals surface area (Å²) in [4.78, 5) is 0. The van der Waals surface area contributed by atoms with Gasteiger partial charge >= 0.3 is 0 Å². The van der Waals surface area contributed by atoms with Gasteiger partial charge in [0, 0.05) is 5.92 Å². The first-order valence-corrected chi connectivity index (χ1v) is 7.73. The highest BCUT2D eigenvalue weighted by atomic mass is 16.3. The van der Waals surface area contributed by atoms with Crippen molar-refractivity contribution in [2.24, 2.45) is 0 Å². The highest BCUT2D eigenvalue weighted by Crippen LogP contribution is 2.35. The van der Waals surface area contributed by atoms with E-state index in [1.807, 2.05) is 13.0 Å². The molecule has 2 rings (SSSR count). The van der Waals surface area contributed by atoms with Gasteiger partial charge in [-0.2, -0.15) is 0 Å². The third-order valence-electron chi connectivity index (χ3n) is 4.63. The summed E-state index contributed by atoms with van der Waals surface area (Å²) in [5.74, 6) is 0.784. The Morgan fingerprint density at radius 3 is 1.76 bits per heavy atom. The maximum absolute atomic E-state index is 9.88. The minimum absolute atomic E-state index is 0.392. The quantitative estimate of drug-likeness (QED) is 0.790. The lowest BCUT2D eigenvalue weighted by molar-refractivity contribution is 0.470. The van der Waals surface area contributed by atoms with Gasteiger partial charge < -0.3 is 5.11 Å². The van der Waals surface area contributed by atoms with Crippen LogP contribution in [0.15, 0.2) is 24.3 Å². The van der Waals surface area contributed by atoms with Gasteiger partial charge in [0.15, 0.2) is 0 Å². The van der Waals surface area contributed by atoms with E-state index in [0.29, 0.717) is 11.7 Å². The van der Waals surface area contributed by atoms with Gasteiger partial charge in [0.2, 0.25) is 0 Å². The Morgan fingerprint density at radius 2 is 1.19 bits per heavy atom. The molecule has 1 unspecified atom stereocenters. The van der Waals surface area contributed by atoms with Crippen molar-refractivity contribution < 1.29 is 5.11 Å². The molecule has 1 atom stereocenters. The summed E-state index contributed by atoms with van der Waals surface area (Å²) >= 11 is 0. The fraction of sp³-hybridized carbons (Fsp3) is 0.400. The summed E-state index contributed by atoms with van der Waals surface area (Å²) in [5, 5.41) is 9.88. The predicted molar refractivity (Wildman–Crippen MR) is 90.4 cm³/mol. The molecule has 21 heavy (non-hydrogen) atoms. The normalized spacial score (nSPS) is 12.5. The van der Waals surface area contributed by atoms with E-state index in [0.717, 1.165) is 12.0 Å². The molecule has 1 heteroatoms. The molecule has 112 valence electrons. The van der Waals surface area contributed by atoms with Crippen LogP contribution < -0.4 is 0 Å². The average molecular weight is 282 g/mol. The van der Waals surface area contributed by atoms with E-state index >= 15 is 0 Å². The molecule has 0 bridgehead atoms. The predicted octanol–water partition coefficient (Wildman–Crippen LogP) is 5.48. The minimum Gasteiger partial charge on any atom is -0.508 e. The van der Waals surface area contributed by atoms with Gasteiger partial charge in [-0.1, -0.05) is 25.1 Å². The van der Waals surface area contributed by atoms with Crippen molar-refractivity contribution >= 4 is 0 Å². The number of hydrogen-bond acceptors (Lipinski definition) is 1. The molecule has 1 nitrogen and oxygen atoms in total. The second-order valence-corrected chi connectivity index (χ2v) is 6.25. The van der Waals surface area contributed by atoms with Gasteiger partial charge in [-0.15, -0.1) is 0 Å². The zero-order chi connectivity index (χ0) is 15.7. The van der Waals surface area contributed by atoms with Crippen LogP contribution in [0.5, 0.6) is 5.75 Å². The molecule has 0 aliphatic carbocycles. The first-order valence-electron chi connectivity index (χ1n) is 7.73. The molecule has 0 radical (unpaired) electrons. The molecule has 0 amide bonds. The smallest absolute Gasteiger partial charge is 0.118 e. The van der Waals surface area contributed by atoms with E-state index in [4.69, 9.17) is 0 Å². The number of rotatable bonds is 3. The topological polar surface area (TPSA) is 20.2 Å². The molecular weight excluding hydrogens is 256 g/mol. The SMILES string of the molecule is CCC(c1cc(C)c(C)cc1C)c1cc(C)c(O)cc1C. The molecule has 1 N–H and O–H groups in total. The first kappa shape index (κ1) is 15.6. The largest absolute Gasteiger partial charge is 0.508 e. The van der Waals surface area contributed by atoms with E-state index in [1.54, 1.807) is 0 Å². The summed E-state index contributed by atoms with van der Waals surface area (Å²) in [6, 6.07) is 8.66. The van der Waals surface area contributed by atoms with Crippen molar-refractivity contribution in [3.63, 3.8) is 0 Å². The van der Waals surface area contributed by atoms with Crippen LogP contribution in [-0.2, 0) is 0 Å². The second-order valence-electron chi connectivity index (χ2n) is 6.25. The summed E-state index contributed by atoms with van der Waals surface area (Å²) in [6.45, 7) is 12.8. The Balaban J connectivity index is 2.60. The third kappa shape index (κ3) is 2.97. The van der Waals surface area contributed by atoms with Gasteiger partial charge in [0.1, 0.15) is 5.75 Å². The summed E-state index contributed by atoms with van der Waals surface area (Å²) in [5.41, 5.74) is 8.92.